The normalized spacial score (nSPS) is 19.4. The topological polar surface area (TPSA) is 32.3 Å². The summed E-state index contributed by atoms with van der Waals surface area (Å²) in [6.07, 6.45) is 3.75. The Labute approximate surface area is 143 Å². The maximum absolute atomic E-state index is 12.5. The van der Waals surface area contributed by atoms with Gasteiger partial charge in [0.1, 0.15) is 0 Å². The van der Waals surface area contributed by atoms with Crippen LogP contribution >= 0.6 is 0 Å². The van der Waals surface area contributed by atoms with Crippen molar-refractivity contribution in [1.82, 2.24) is 10.2 Å². The van der Waals surface area contributed by atoms with Crippen molar-refractivity contribution in [2.75, 3.05) is 13.6 Å². The van der Waals surface area contributed by atoms with Gasteiger partial charge in [0.05, 0.1) is 0 Å². The number of carbonyl (C=O) groups excluding carboxylic acids is 1. The molecule has 0 saturated carbocycles. The van der Waals surface area contributed by atoms with Crippen LogP contribution in [0.4, 0.5) is 0 Å². The molecule has 0 radical (unpaired) electrons. The molecule has 1 aliphatic carbocycles. The second-order valence-corrected chi connectivity index (χ2v) is 6.80. The number of hydrogen-bond acceptors (Lipinski definition) is 2. The number of fused-ring (bicyclic) bond motifs is 2. The van der Waals surface area contributed by atoms with E-state index in [1.165, 1.54) is 22.3 Å². The van der Waals surface area contributed by atoms with Gasteiger partial charge < -0.3 is 5.32 Å². The summed E-state index contributed by atoms with van der Waals surface area (Å²) in [4.78, 5) is 14.8. The van der Waals surface area contributed by atoms with E-state index in [1.54, 1.807) is 0 Å². The quantitative estimate of drug-likeness (QED) is 0.944. The summed E-state index contributed by atoms with van der Waals surface area (Å²) >= 11 is 0. The number of nitrogens with one attached hydrogen (secondary N) is 1. The minimum Gasteiger partial charge on any atom is -0.351 e. The van der Waals surface area contributed by atoms with Crippen LogP contribution in [0.25, 0.3) is 6.08 Å². The molecular weight excluding hydrogens is 296 g/mol. The second kappa shape index (κ2) is 6.25. The van der Waals surface area contributed by atoms with Crippen LogP contribution in [0.15, 0.2) is 54.1 Å². The maximum Gasteiger partial charge on any atom is 0.247 e. The van der Waals surface area contributed by atoms with Gasteiger partial charge >= 0.3 is 0 Å². The smallest absolute Gasteiger partial charge is 0.247 e. The zero-order chi connectivity index (χ0) is 16.5. The zero-order valence-corrected chi connectivity index (χ0v) is 14.0. The summed E-state index contributed by atoms with van der Waals surface area (Å²) in [5, 5.41) is 3.14. The Kier molecular flexibility index (Phi) is 3.95. The molecule has 2 aromatic carbocycles. The Bertz CT molecular complexity index is 809. The fourth-order valence-corrected chi connectivity index (χ4v) is 3.70. The molecule has 0 bridgehead atoms. The number of carbonyl (C=O) groups is 1. The van der Waals surface area contributed by atoms with Gasteiger partial charge in [0.2, 0.25) is 5.91 Å². The van der Waals surface area contributed by atoms with Crippen molar-refractivity contribution >= 4 is 12.0 Å². The molecule has 4 rings (SSSR count). The summed E-state index contributed by atoms with van der Waals surface area (Å²) in [5.41, 5.74) is 6.09. The highest BCUT2D eigenvalue weighted by atomic mass is 16.1. The van der Waals surface area contributed by atoms with E-state index in [0.717, 1.165) is 25.0 Å². The Morgan fingerprint density at radius 3 is 2.58 bits per heavy atom. The third-order valence-electron chi connectivity index (χ3n) is 5.17. The number of nitrogens with zero attached hydrogens (tertiary/aromatic N) is 1. The number of benzene rings is 2. The van der Waals surface area contributed by atoms with E-state index in [4.69, 9.17) is 0 Å². The van der Waals surface area contributed by atoms with Crippen LogP contribution < -0.4 is 5.32 Å². The molecule has 1 atom stereocenters. The molecule has 0 unspecified atom stereocenters. The van der Waals surface area contributed by atoms with Gasteiger partial charge in [0.15, 0.2) is 0 Å². The lowest BCUT2D eigenvalue weighted by molar-refractivity contribution is -0.117. The first kappa shape index (κ1) is 15.2. The first-order valence-corrected chi connectivity index (χ1v) is 8.54. The minimum absolute atomic E-state index is 0.0680. The predicted octanol–water partition coefficient (Wildman–Crippen LogP) is 2.80. The summed E-state index contributed by atoms with van der Waals surface area (Å²) in [5.74, 6) is 0.0680. The van der Waals surface area contributed by atoms with Gasteiger partial charge in [-0.25, -0.2) is 0 Å². The number of rotatable bonds is 3. The lowest BCUT2D eigenvalue weighted by Gasteiger charge is -2.34. The van der Waals surface area contributed by atoms with E-state index < -0.39 is 0 Å². The SMILES string of the molecule is CN1Cc2ccccc2C[C@@H]1CNC(=O)C1=Cc2ccccc2C1. The van der Waals surface area contributed by atoms with Crippen LogP contribution in [0.3, 0.4) is 0 Å². The fraction of sp³-hybridized carbons (Fsp3) is 0.286. The zero-order valence-electron chi connectivity index (χ0n) is 14.0. The molecule has 1 aliphatic heterocycles. The van der Waals surface area contributed by atoms with Gasteiger partial charge in [0, 0.05) is 31.1 Å². The standard InChI is InChI=1S/C21H22N2O/c1-23-14-18-9-5-4-8-17(18)12-20(23)13-22-21(24)19-10-15-6-2-3-7-16(15)11-19/h2-10,20H,11-14H2,1H3,(H,22,24)/t20-/m1/s1. The van der Waals surface area contributed by atoms with Crippen molar-refractivity contribution in [3.63, 3.8) is 0 Å². The van der Waals surface area contributed by atoms with Crippen LogP contribution in [0.5, 0.6) is 0 Å². The van der Waals surface area contributed by atoms with E-state index >= 15 is 0 Å². The van der Waals surface area contributed by atoms with Crippen LogP contribution in [0, 0.1) is 0 Å². The van der Waals surface area contributed by atoms with E-state index in [-0.39, 0.29) is 5.91 Å². The molecule has 24 heavy (non-hydrogen) atoms. The van der Waals surface area contributed by atoms with Gasteiger partial charge in [-0.2, -0.15) is 0 Å². The van der Waals surface area contributed by atoms with E-state index in [9.17, 15) is 4.79 Å². The molecule has 2 aliphatic rings. The van der Waals surface area contributed by atoms with Crippen molar-refractivity contribution < 1.29 is 4.79 Å². The molecule has 1 heterocycles. The van der Waals surface area contributed by atoms with Crippen molar-refractivity contribution in [3.8, 4) is 0 Å². The molecule has 0 aromatic heterocycles. The maximum atomic E-state index is 12.5. The molecule has 122 valence electrons. The average Bonchev–Trinajstić information content (AvgIpc) is 3.04. The molecule has 1 amide bonds. The van der Waals surface area contributed by atoms with E-state index in [1.807, 2.05) is 18.2 Å². The van der Waals surface area contributed by atoms with Crippen LogP contribution in [0.2, 0.25) is 0 Å². The first-order valence-electron chi connectivity index (χ1n) is 8.54. The fourth-order valence-electron chi connectivity index (χ4n) is 3.70. The van der Waals surface area contributed by atoms with Crippen LogP contribution in [0.1, 0.15) is 22.3 Å². The molecule has 2 aromatic rings. The number of amides is 1. The number of likely N-dealkylation sites (N-methyl/N-ethyl adjacent to an activating group) is 1. The molecular formula is C21H22N2O. The summed E-state index contributed by atoms with van der Waals surface area (Å²) in [6.45, 7) is 1.64. The Balaban J connectivity index is 1.39. The van der Waals surface area contributed by atoms with Crippen LogP contribution in [-0.4, -0.2) is 30.4 Å². The lowest BCUT2D eigenvalue weighted by atomic mass is 9.94. The summed E-state index contributed by atoms with van der Waals surface area (Å²) < 4.78 is 0. The second-order valence-electron chi connectivity index (χ2n) is 6.80. The van der Waals surface area contributed by atoms with E-state index in [2.05, 4.69) is 53.7 Å². The highest BCUT2D eigenvalue weighted by Gasteiger charge is 2.24. The molecule has 3 heteroatoms. The van der Waals surface area contributed by atoms with Crippen molar-refractivity contribution in [3.05, 3.63) is 76.4 Å². The molecule has 3 nitrogen and oxygen atoms in total. The average molecular weight is 318 g/mol. The molecule has 0 fully saturated rings. The predicted molar refractivity (Wildman–Crippen MR) is 96.5 cm³/mol. The van der Waals surface area contributed by atoms with Gasteiger partial charge in [0.25, 0.3) is 0 Å². The largest absolute Gasteiger partial charge is 0.351 e. The molecule has 0 saturated heterocycles. The van der Waals surface area contributed by atoms with Crippen LogP contribution in [-0.2, 0) is 24.2 Å². The third-order valence-corrected chi connectivity index (χ3v) is 5.17. The van der Waals surface area contributed by atoms with Gasteiger partial charge in [-0.1, -0.05) is 48.5 Å². The molecule has 0 spiro atoms. The van der Waals surface area contributed by atoms with Gasteiger partial charge in [-0.15, -0.1) is 0 Å². The van der Waals surface area contributed by atoms with Gasteiger partial charge in [-0.05, 0) is 41.8 Å². The first-order chi connectivity index (χ1) is 11.7. The van der Waals surface area contributed by atoms with Crippen molar-refractivity contribution in [2.45, 2.75) is 25.4 Å². The van der Waals surface area contributed by atoms with Crippen molar-refractivity contribution in [1.29, 1.82) is 0 Å². The third kappa shape index (κ3) is 2.87. The van der Waals surface area contributed by atoms with E-state index in [0.29, 0.717) is 12.6 Å². The Hall–Kier alpha value is -2.39. The Morgan fingerprint density at radius 2 is 1.79 bits per heavy atom. The Morgan fingerprint density at radius 1 is 1.08 bits per heavy atom. The minimum atomic E-state index is 0.0680. The van der Waals surface area contributed by atoms with Gasteiger partial charge in [-0.3, -0.25) is 9.69 Å². The molecule has 1 N–H and O–H groups in total. The highest BCUT2D eigenvalue weighted by Crippen LogP contribution is 2.25. The van der Waals surface area contributed by atoms with Crippen molar-refractivity contribution in [2.24, 2.45) is 0 Å². The monoisotopic (exact) mass is 318 g/mol. The summed E-state index contributed by atoms with van der Waals surface area (Å²) in [7, 11) is 2.14. The lowest BCUT2D eigenvalue weighted by Crippen LogP contribution is -2.45. The number of hydrogen-bond donors (Lipinski definition) is 1. The summed E-state index contributed by atoms with van der Waals surface area (Å²) in [6, 6.07) is 17.2. The highest BCUT2D eigenvalue weighted by molar-refractivity contribution is 6.00.